The maximum absolute atomic E-state index is 13.6. The van der Waals surface area contributed by atoms with Gasteiger partial charge in [0.25, 0.3) is 5.91 Å². The van der Waals surface area contributed by atoms with Crippen LogP contribution in [0.5, 0.6) is 0 Å². The molecule has 3 N–H and O–H groups in total. The minimum absolute atomic E-state index is 0.0234. The van der Waals surface area contributed by atoms with Gasteiger partial charge in [-0.2, -0.15) is 0 Å². The van der Waals surface area contributed by atoms with Gasteiger partial charge in [0.2, 0.25) is 5.91 Å². The van der Waals surface area contributed by atoms with E-state index in [1.54, 1.807) is 23.1 Å². The fourth-order valence-corrected chi connectivity index (χ4v) is 9.13. The first-order valence-electron chi connectivity index (χ1n) is 12.0. The molecule has 0 unspecified atom stereocenters. The Kier molecular flexibility index (Phi) is 6.09. The SMILES string of the molecule is C[C@H]1[C@H]([Si](C)(C)O)[C@@H](CC(=O)N2Cc3ccccc3C[C@H]2CO)O[C@]12C(=O)Nc1ccc(Cl)cc12. The zero-order valence-corrected chi connectivity index (χ0v) is 21.9. The van der Waals surface area contributed by atoms with Gasteiger partial charge in [0.1, 0.15) is 0 Å². The first kappa shape index (κ1) is 24.5. The molecule has 0 saturated carbocycles. The number of benzene rings is 2. The van der Waals surface area contributed by atoms with Gasteiger partial charge in [0.05, 0.1) is 25.2 Å². The van der Waals surface area contributed by atoms with Crippen molar-refractivity contribution in [2.24, 2.45) is 5.92 Å². The average molecular weight is 515 g/mol. The van der Waals surface area contributed by atoms with E-state index in [1.165, 1.54) is 0 Å². The Hall–Kier alpha value is -2.23. The highest BCUT2D eigenvalue weighted by Gasteiger charge is 2.65. The molecule has 7 nitrogen and oxygen atoms in total. The van der Waals surface area contributed by atoms with Crippen LogP contribution in [-0.2, 0) is 32.9 Å². The number of amides is 2. The summed E-state index contributed by atoms with van der Waals surface area (Å²) in [5.41, 5.74) is 1.83. The summed E-state index contributed by atoms with van der Waals surface area (Å²) in [6.45, 7) is 5.85. The predicted molar refractivity (Wildman–Crippen MR) is 135 cm³/mol. The Morgan fingerprint density at radius 1 is 1.26 bits per heavy atom. The van der Waals surface area contributed by atoms with E-state index in [2.05, 4.69) is 5.32 Å². The zero-order valence-electron chi connectivity index (χ0n) is 20.1. The van der Waals surface area contributed by atoms with Crippen molar-refractivity contribution in [1.82, 2.24) is 4.90 Å². The van der Waals surface area contributed by atoms with Crippen LogP contribution in [0, 0.1) is 5.92 Å². The first-order valence-corrected chi connectivity index (χ1v) is 15.4. The summed E-state index contributed by atoms with van der Waals surface area (Å²) < 4.78 is 6.55. The molecule has 5 rings (SSSR count). The number of anilines is 1. The van der Waals surface area contributed by atoms with Crippen LogP contribution in [0.15, 0.2) is 42.5 Å². The minimum atomic E-state index is -2.87. The summed E-state index contributed by atoms with van der Waals surface area (Å²) in [6.07, 6.45) is -0.0333. The maximum atomic E-state index is 13.6. The Balaban J connectivity index is 1.47. The highest BCUT2D eigenvalue weighted by molar-refractivity contribution is 6.71. The van der Waals surface area contributed by atoms with Gasteiger partial charge in [-0.1, -0.05) is 42.8 Å². The van der Waals surface area contributed by atoms with Gasteiger partial charge in [0, 0.05) is 34.3 Å². The summed E-state index contributed by atoms with van der Waals surface area (Å²) in [5.74, 6) is -0.802. The van der Waals surface area contributed by atoms with Crippen molar-refractivity contribution in [2.45, 2.75) is 62.7 Å². The number of nitrogens with zero attached hydrogens (tertiary/aromatic N) is 1. The van der Waals surface area contributed by atoms with Gasteiger partial charge in [0.15, 0.2) is 13.9 Å². The molecule has 1 fully saturated rings. The monoisotopic (exact) mass is 514 g/mol. The van der Waals surface area contributed by atoms with Crippen molar-refractivity contribution in [3.63, 3.8) is 0 Å². The molecular formula is C26H31ClN2O5Si. The lowest BCUT2D eigenvalue weighted by molar-refractivity contribution is -0.149. The third kappa shape index (κ3) is 3.92. The molecule has 35 heavy (non-hydrogen) atoms. The van der Waals surface area contributed by atoms with Crippen LogP contribution in [-0.4, -0.2) is 53.7 Å². The first-order chi connectivity index (χ1) is 16.6. The summed E-state index contributed by atoms with van der Waals surface area (Å²) in [7, 11) is -2.87. The molecule has 2 aromatic rings. The molecular weight excluding hydrogens is 484 g/mol. The molecule has 1 spiro atoms. The molecule has 2 amide bonds. The maximum Gasteiger partial charge on any atom is 0.261 e. The Morgan fingerprint density at radius 3 is 2.66 bits per heavy atom. The molecule has 9 heteroatoms. The van der Waals surface area contributed by atoms with Crippen molar-refractivity contribution in [3.05, 3.63) is 64.2 Å². The Labute approximate surface area is 211 Å². The second-order valence-electron chi connectivity index (χ2n) is 10.5. The van der Waals surface area contributed by atoms with E-state index < -0.39 is 20.0 Å². The normalized spacial score (nSPS) is 29.8. The Morgan fingerprint density at radius 2 is 1.97 bits per heavy atom. The van der Waals surface area contributed by atoms with Crippen LogP contribution in [0.1, 0.15) is 30.0 Å². The third-order valence-electron chi connectivity index (χ3n) is 7.96. The lowest BCUT2D eigenvalue weighted by Gasteiger charge is -2.37. The summed E-state index contributed by atoms with van der Waals surface area (Å²) in [4.78, 5) is 40.0. The number of carbonyl (C=O) groups is 2. The fourth-order valence-electron chi connectivity index (χ4n) is 6.40. The van der Waals surface area contributed by atoms with Gasteiger partial charge in [-0.05, 0) is 48.8 Å². The van der Waals surface area contributed by atoms with E-state index >= 15 is 0 Å². The minimum Gasteiger partial charge on any atom is -0.432 e. The highest BCUT2D eigenvalue weighted by Crippen LogP contribution is 2.58. The van der Waals surface area contributed by atoms with Gasteiger partial charge in [-0.15, -0.1) is 0 Å². The van der Waals surface area contributed by atoms with Crippen molar-refractivity contribution < 1.29 is 24.2 Å². The summed E-state index contributed by atoms with van der Waals surface area (Å²) in [6, 6.07) is 12.8. The van der Waals surface area contributed by atoms with Crippen LogP contribution in [0.4, 0.5) is 5.69 Å². The van der Waals surface area contributed by atoms with Crippen LogP contribution in [0.3, 0.4) is 0 Å². The molecule has 0 radical (unpaired) electrons. The number of nitrogens with one attached hydrogen (secondary N) is 1. The van der Waals surface area contributed by atoms with Gasteiger partial charge in [-0.25, -0.2) is 0 Å². The lowest BCUT2D eigenvalue weighted by Crippen LogP contribution is -2.48. The fraction of sp³-hybridized carbons (Fsp3) is 0.462. The molecule has 5 atom stereocenters. The number of halogens is 1. The van der Waals surface area contributed by atoms with E-state index in [0.29, 0.717) is 29.2 Å². The summed E-state index contributed by atoms with van der Waals surface area (Å²) >= 11 is 6.28. The highest BCUT2D eigenvalue weighted by atomic mass is 35.5. The number of rotatable bonds is 4. The lowest BCUT2D eigenvalue weighted by atomic mass is 9.82. The van der Waals surface area contributed by atoms with Crippen molar-refractivity contribution in [1.29, 1.82) is 0 Å². The number of carbonyl (C=O) groups excluding carboxylic acids is 2. The second-order valence-corrected chi connectivity index (χ2v) is 14.9. The van der Waals surface area contributed by atoms with Crippen LogP contribution in [0.2, 0.25) is 23.7 Å². The quantitative estimate of drug-likeness (QED) is 0.543. The molecule has 0 bridgehead atoms. The number of aliphatic hydroxyl groups is 1. The van der Waals surface area contributed by atoms with E-state index in [4.69, 9.17) is 16.3 Å². The molecule has 0 aromatic heterocycles. The largest absolute Gasteiger partial charge is 0.432 e. The smallest absolute Gasteiger partial charge is 0.261 e. The number of fused-ring (bicyclic) bond motifs is 3. The summed E-state index contributed by atoms with van der Waals surface area (Å²) in [5, 5.41) is 13.4. The van der Waals surface area contributed by atoms with E-state index in [-0.39, 0.29) is 42.3 Å². The zero-order chi connectivity index (χ0) is 25.1. The molecule has 1 saturated heterocycles. The molecule has 0 aliphatic carbocycles. The molecule has 3 aliphatic rings. The number of hydrogen-bond donors (Lipinski definition) is 3. The van der Waals surface area contributed by atoms with Crippen LogP contribution in [0.25, 0.3) is 0 Å². The molecule has 2 aromatic carbocycles. The van der Waals surface area contributed by atoms with Gasteiger partial charge < -0.3 is 24.9 Å². The van der Waals surface area contributed by atoms with Crippen LogP contribution < -0.4 is 5.32 Å². The number of aliphatic hydroxyl groups excluding tert-OH is 1. The Bertz CT molecular complexity index is 1180. The second kappa shape index (κ2) is 8.71. The average Bonchev–Trinajstić information content (AvgIpc) is 3.26. The van der Waals surface area contributed by atoms with Crippen LogP contribution >= 0.6 is 11.6 Å². The number of hydrogen-bond acceptors (Lipinski definition) is 5. The van der Waals surface area contributed by atoms with Crippen molar-refractivity contribution in [3.8, 4) is 0 Å². The van der Waals surface area contributed by atoms with E-state index in [0.717, 1.165) is 11.1 Å². The standard InChI is InChI=1S/C26H31ClN2O5Si/c1-15-24(35(2,3)33)22(34-26(15)20-11-18(27)8-9-21(20)28-25(26)32)12-23(31)29-13-17-7-5-4-6-16(17)10-19(29)14-30/h4-9,11,15,19,22,24,30,33H,10,12-14H2,1-3H3,(H,28,32)/t15-,19-,22+,24-,26+/m0/s1. The van der Waals surface area contributed by atoms with E-state index in [9.17, 15) is 19.5 Å². The number of ether oxygens (including phenoxy) is 1. The molecule has 3 aliphatic heterocycles. The molecule has 186 valence electrons. The van der Waals surface area contributed by atoms with Gasteiger partial charge in [-0.3, -0.25) is 9.59 Å². The van der Waals surface area contributed by atoms with Crippen molar-refractivity contribution in [2.75, 3.05) is 11.9 Å². The van der Waals surface area contributed by atoms with Crippen molar-refractivity contribution >= 4 is 37.4 Å². The predicted octanol–water partition coefficient (Wildman–Crippen LogP) is 3.43. The topological polar surface area (TPSA) is 99.1 Å². The molecule has 3 heterocycles. The van der Waals surface area contributed by atoms with E-state index in [1.807, 2.05) is 44.3 Å². The third-order valence-corrected chi connectivity index (χ3v) is 10.7. The van der Waals surface area contributed by atoms with Gasteiger partial charge >= 0.3 is 0 Å².